The summed E-state index contributed by atoms with van der Waals surface area (Å²) >= 11 is 7.24. The van der Waals surface area contributed by atoms with Crippen LogP contribution in [0.15, 0.2) is 18.3 Å². The van der Waals surface area contributed by atoms with Gasteiger partial charge < -0.3 is 14.5 Å². The Balaban J connectivity index is 1.69. The predicted molar refractivity (Wildman–Crippen MR) is 101 cm³/mol. The molecule has 1 aliphatic rings. The summed E-state index contributed by atoms with van der Waals surface area (Å²) in [6.45, 7) is 5.29. The second-order valence-electron chi connectivity index (χ2n) is 5.72. The average Bonchev–Trinajstić information content (AvgIpc) is 2.87. The number of hydrogen-bond donors (Lipinski definition) is 0. The molecule has 0 N–H and O–H groups in total. The smallest absolute Gasteiger partial charge is 0.339 e. The highest BCUT2D eigenvalue weighted by Gasteiger charge is 2.22. The highest BCUT2D eigenvalue weighted by Crippen LogP contribution is 2.32. The molecule has 0 atom stereocenters. The molecule has 3 heterocycles. The topological polar surface area (TPSA) is 82.4 Å². The number of halogens is 1. The summed E-state index contributed by atoms with van der Waals surface area (Å²) in [6.07, 6.45) is 2.47. The van der Waals surface area contributed by atoms with Gasteiger partial charge in [0.2, 0.25) is 0 Å². The minimum absolute atomic E-state index is 0.268. The maximum Gasteiger partial charge on any atom is 0.339 e. The number of nitriles is 1. The lowest BCUT2D eigenvalue weighted by Crippen LogP contribution is -2.31. The van der Waals surface area contributed by atoms with Crippen molar-refractivity contribution in [3.8, 4) is 6.07 Å². The molecule has 0 unspecified atom stereocenters. The molecule has 0 amide bonds. The zero-order valence-electron chi connectivity index (χ0n) is 14.3. The fourth-order valence-corrected chi connectivity index (χ4v) is 3.91. The van der Waals surface area contributed by atoms with E-state index in [0.717, 1.165) is 43.4 Å². The van der Waals surface area contributed by atoms with Crippen molar-refractivity contribution in [3.05, 3.63) is 34.6 Å². The van der Waals surface area contributed by atoms with Crippen LogP contribution in [0.4, 0.5) is 10.8 Å². The fourth-order valence-electron chi connectivity index (χ4n) is 2.83. The van der Waals surface area contributed by atoms with Gasteiger partial charge in [-0.3, -0.25) is 0 Å². The molecule has 3 rings (SSSR count). The number of aromatic nitrogens is 2. The van der Waals surface area contributed by atoms with E-state index in [1.807, 2.05) is 6.07 Å². The van der Waals surface area contributed by atoms with E-state index in [2.05, 4.69) is 25.2 Å². The number of hydrogen-bond acceptors (Lipinski definition) is 8. The molecular formula is C17H18ClN5O2S. The van der Waals surface area contributed by atoms with Gasteiger partial charge in [0.05, 0.1) is 12.2 Å². The molecule has 136 valence electrons. The number of rotatable bonds is 4. The largest absolute Gasteiger partial charge is 0.462 e. The Hall–Kier alpha value is -2.37. The van der Waals surface area contributed by atoms with Crippen molar-refractivity contribution in [2.75, 3.05) is 42.6 Å². The number of carbonyl (C=O) groups is 1. The van der Waals surface area contributed by atoms with E-state index in [1.165, 1.54) is 11.5 Å². The first-order valence-electron chi connectivity index (χ1n) is 8.32. The van der Waals surface area contributed by atoms with E-state index in [9.17, 15) is 10.1 Å². The number of nitrogens with zero attached hydrogens (tertiary/aromatic N) is 5. The molecule has 1 aliphatic heterocycles. The molecule has 1 fully saturated rings. The van der Waals surface area contributed by atoms with Gasteiger partial charge >= 0.3 is 5.97 Å². The van der Waals surface area contributed by atoms with Crippen molar-refractivity contribution in [1.29, 1.82) is 5.26 Å². The third-order valence-electron chi connectivity index (χ3n) is 4.11. The maximum absolute atomic E-state index is 11.7. The predicted octanol–water partition coefficient (Wildman–Crippen LogP) is 2.96. The van der Waals surface area contributed by atoms with Crippen molar-refractivity contribution >= 4 is 39.9 Å². The average molecular weight is 392 g/mol. The molecule has 2 aromatic heterocycles. The number of esters is 1. The van der Waals surface area contributed by atoms with E-state index in [0.29, 0.717) is 17.7 Å². The first kappa shape index (κ1) is 18.4. The van der Waals surface area contributed by atoms with Gasteiger partial charge in [0.15, 0.2) is 5.15 Å². The minimum Gasteiger partial charge on any atom is -0.462 e. The van der Waals surface area contributed by atoms with Gasteiger partial charge in [-0.25, -0.2) is 9.78 Å². The Morgan fingerprint density at radius 3 is 2.81 bits per heavy atom. The summed E-state index contributed by atoms with van der Waals surface area (Å²) in [5.74, 6) is 0.461. The zero-order valence-corrected chi connectivity index (χ0v) is 15.9. The van der Waals surface area contributed by atoms with Gasteiger partial charge in [-0.2, -0.15) is 9.64 Å². The van der Waals surface area contributed by atoms with Crippen molar-refractivity contribution in [1.82, 2.24) is 9.36 Å². The lowest BCUT2D eigenvalue weighted by atomic mass is 10.2. The van der Waals surface area contributed by atoms with Gasteiger partial charge in [0, 0.05) is 32.4 Å². The number of pyridine rings is 1. The molecule has 0 aliphatic carbocycles. The maximum atomic E-state index is 11.7. The lowest BCUT2D eigenvalue weighted by Gasteiger charge is -2.23. The van der Waals surface area contributed by atoms with E-state index >= 15 is 0 Å². The first-order valence-corrected chi connectivity index (χ1v) is 9.47. The van der Waals surface area contributed by atoms with Gasteiger partial charge in [-0.15, -0.1) is 0 Å². The van der Waals surface area contributed by atoms with Gasteiger partial charge in [0.25, 0.3) is 0 Å². The fraction of sp³-hybridized carbons (Fsp3) is 0.412. The highest BCUT2D eigenvalue weighted by atomic mass is 35.5. The number of anilines is 2. The molecule has 0 aromatic carbocycles. The Labute approximate surface area is 160 Å². The Kier molecular flexibility index (Phi) is 5.91. The van der Waals surface area contributed by atoms with Crippen LogP contribution < -0.4 is 9.80 Å². The van der Waals surface area contributed by atoms with E-state index in [-0.39, 0.29) is 11.1 Å². The highest BCUT2D eigenvalue weighted by molar-refractivity contribution is 7.10. The third kappa shape index (κ3) is 3.89. The molecule has 26 heavy (non-hydrogen) atoms. The van der Waals surface area contributed by atoms with Gasteiger partial charge in [0.1, 0.15) is 22.5 Å². The molecule has 0 spiro atoms. The Morgan fingerprint density at radius 2 is 2.12 bits per heavy atom. The molecule has 0 radical (unpaired) electrons. The van der Waals surface area contributed by atoms with Crippen LogP contribution in [0.25, 0.3) is 0 Å². The van der Waals surface area contributed by atoms with Crippen LogP contribution in [-0.4, -0.2) is 48.1 Å². The van der Waals surface area contributed by atoms with Crippen LogP contribution in [0.1, 0.15) is 29.3 Å². The Bertz CT molecular complexity index is 818. The van der Waals surface area contributed by atoms with Crippen LogP contribution in [0.2, 0.25) is 5.15 Å². The molecule has 0 saturated carbocycles. The third-order valence-corrected chi connectivity index (χ3v) is 5.39. The van der Waals surface area contributed by atoms with E-state index in [1.54, 1.807) is 19.2 Å². The van der Waals surface area contributed by atoms with Crippen LogP contribution >= 0.6 is 23.1 Å². The summed E-state index contributed by atoms with van der Waals surface area (Å²) in [5.41, 5.74) is 0.895. The summed E-state index contributed by atoms with van der Waals surface area (Å²) in [6, 6.07) is 5.71. The van der Waals surface area contributed by atoms with E-state index in [4.69, 9.17) is 16.3 Å². The second-order valence-corrected chi connectivity index (χ2v) is 6.83. The van der Waals surface area contributed by atoms with Crippen molar-refractivity contribution in [2.24, 2.45) is 0 Å². The molecular weight excluding hydrogens is 374 g/mol. The SMILES string of the molecule is CCOC(=O)c1ccc(N2CCCN(c3snc(Cl)c3C#N)CC2)nc1. The monoisotopic (exact) mass is 391 g/mol. The quantitative estimate of drug-likeness (QED) is 0.741. The normalized spacial score (nSPS) is 14.7. The summed E-state index contributed by atoms with van der Waals surface area (Å²) in [5, 5.41) is 10.4. The van der Waals surface area contributed by atoms with Crippen molar-refractivity contribution in [2.45, 2.75) is 13.3 Å². The molecule has 7 nitrogen and oxygen atoms in total. The van der Waals surface area contributed by atoms with Crippen LogP contribution in [0.5, 0.6) is 0 Å². The summed E-state index contributed by atoms with van der Waals surface area (Å²) < 4.78 is 9.06. The Morgan fingerprint density at radius 1 is 1.35 bits per heavy atom. The summed E-state index contributed by atoms with van der Waals surface area (Å²) in [4.78, 5) is 20.4. The molecule has 2 aromatic rings. The first-order chi connectivity index (χ1) is 12.6. The summed E-state index contributed by atoms with van der Waals surface area (Å²) in [7, 11) is 0. The number of carbonyl (C=O) groups excluding carboxylic acids is 1. The van der Waals surface area contributed by atoms with Crippen molar-refractivity contribution in [3.63, 3.8) is 0 Å². The van der Waals surface area contributed by atoms with E-state index < -0.39 is 0 Å². The molecule has 0 bridgehead atoms. The van der Waals surface area contributed by atoms with Gasteiger partial charge in [-0.1, -0.05) is 11.6 Å². The second kappa shape index (κ2) is 8.34. The van der Waals surface area contributed by atoms with Gasteiger partial charge in [-0.05, 0) is 37.0 Å². The standard InChI is InChI=1S/C17H18ClN5O2S/c1-2-25-17(24)12-4-5-14(20-11-12)22-6-3-7-23(9-8-22)16-13(10-19)15(18)21-26-16/h4-5,11H,2-3,6-9H2,1H3. The van der Waals surface area contributed by atoms with Crippen LogP contribution in [0.3, 0.4) is 0 Å². The molecule has 1 saturated heterocycles. The lowest BCUT2D eigenvalue weighted by molar-refractivity contribution is 0.0526. The minimum atomic E-state index is -0.361. The van der Waals surface area contributed by atoms with Crippen LogP contribution in [-0.2, 0) is 4.74 Å². The van der Waals surface area contributed by atoms with Crippen molar-refractivity contribution < 1.29 is 9.53 Å². The number of ether oxygens (including phenoxy) is 1. The zero-order chi connectivity index (χ0) is 18.5. The molecule has 9 heteroatoms. The van der Waals surface area contributed by atoms with Crippen LogP contribution in [0, 0.1) is 11.3 Å².